The Bertz CT molecular complexity index is 979. The average Bonchev–Trinajstić information content (AvgIpc) is 2.82. The number of rotatable bonds is 7. The SMILES string of the molecule is O=C(NCC(=O)N(CC(=O)N1CCSCC1)c1ccccc1)Nc1cccc(C(=O)O)c1. The zero-order chi connectivity index (χ0) is 22.9. The summed E-state index contributed by atoms with van der Waals surface area (Å²) in [6, 6.07) is 13.9. The van der Waals surface area contributed by atoms with Gasteiger partial charge in [0.1, 0.15) is 6.54 Å². The van der Waals surface area contributed by atoms with Gasteiger partial charge >= 0.3 is 12.0 Å². The van der Waals surface area contributed by atoms with Gasteiger partial charge < -0.3 is 25.5 Å². The average molecular weight is 457 g/mol. The summed E-state index contributed by atoms with van der Waals surface area (Å²) in [7, 11) is 0. The molecule has 10 heteroatoms. The van der Waals surface area contributed by atoms with Crippen LogP contribution in [0.3, 0.4) is 0 Å². The summed E-state index contributed by atoms with van der Waals surface area (Å²) in [5.74, 6) is 0.0496. The molecule has 1 aliphatic heterocycles. The second-order valence-electron chi connectivity index (χ2n) is 7.00. The van der Waals surface area contributed by atoms with Crippen molar-refractivity contribution in [2.24, 2.45) is 0 Å². The van der Waals surface area contributed by atoms with Gasteiger partial charge in [-0.15, -0.1) is 0 Å². The van der Waals surface area contributed by atoms with Crippen molar-refractivity contribution in [3.8, 4) is 0 Å². The van der Waals surface area contributed by atoms with E-state index in [-0.39, 0.29) is 30.2 Å². The Morgan fingerprint density at radius 1 is 1.00 bits per heavy atom. The molecule has 3 N–H and O–H groups in total. The minimum absolute atomic E-state index is 0.0313. The van der Waals surface area contributed by atoms with Crippen molar-refractivity contribution >= 4 is 47.0 Å². The Hall–Kier alpha value is -3.53. The van der Waals surface area contributed by atoms with Crippen molar-refractivity contribution in [3.05, 3.63) is 60.2 Å². The first kappa shape index (κ1) is 23.1. The van der Waals surface area contributed by atoms with Crippen LogP contribution in [0.15, 0.2) is 54.6 Å². The molecule has 0 spiro atoms. The molecular formula is C22H24N4O5S. The van der Waals surface area contributed by atoms with Crippen molar-refractivity contribution in [2.75, 3.05) is 47.9 Å². The van der Waals surface area contributed by atoms with E-state index in [0.717, 1.165) is 11.5 Å². The predicted octanol–water partition coefficient (Wildman–Crippen LogP) is 2.11. The van der Waals surface area contributed by atoms with Crippen molar-refractivity contribution in [3.63, 3.8) is 0 Å². The van der Waals surface area contributed by atoms with Crippen LogP contribution < -0.4 is 15.5 Å². The molecule has 1 saturated heterocycles. The van der Waals surface area contributed by atoms with Gasteiger partial charge in [-0.2, -0.15) is 11.8 Å². The van der Waals surface area contributed by atoms with Crippen molar-refractivity contribution in [1.29, 1.82) is 0 Å². The van der Waals surface area contributed by atoms with E-state index in [1.165, 1.54) is 23.1 Å². The Balaban J connectivity index is 1.62. The van der Waals surface area contributed by atoms with Crippen LogP contribution >= 0.6 is 11.8 Å². The van der Waals surface area contributed by atoms with Gasteiger partial charge in [-0.05, 0) is 30.3 Å². The van der Waals surface area contributed by atoms with Crippen LogP contribution in [0.2, 0.25) is 0 Å². The van der Waals surface area contributed by atoms with Crippen molar-refractivity contribution in [1.82, 2.24) is 10.2 Å². The van der Waals surface area contributed by atoms with Gasteiger partial charge in [0, 0.05) is 36.0 Å². The number of carbonyl (C=O) groups is 4. The number of urea groups is 1. The summed E-state index contributed by atoms with van der Waals surface area (Å²) in [5, 5.41) is 14.0. The molecule has 3 rings (SSSR count). The van der Waals surface area contributed by atoms with E-state index in [4.69, 9.17) is 5.11 Å². The second kappa shape index (κ2) is 11.2. The highest BCUT2D eigenvalue weighted by atomic mass is 32.2. The normalized spacial score (nSPS) is 13.2. The molecule has 0 unspecified atom stereocenters. The molecule has 168 valence electrons. The van der Waals surface area contributed by atoms with Gasteiger partial charge in [-0.25, -0.2) is 9.59 Å². The van der Waals surface area contributed by atoms with Gasteiger partial charge in [0.15, 0.2) is 0 Å². The molecule has 0 bridgehead atoms. The van der Waals surface area contributed by atoms with E-state index in [0.29, 0.717) is 18.8 Å². The first-order valence-corrected chi connectivity index (χ1v) is 11.2. The number of para-hydroxylation sites is 1. The highest BCUT2D eigenvalue weighted by Gasteiger charge is 2.24. The Kier molecular flexibility index (Phi) is 8.09. The maximum Gasteiger partial charge on any atom is 0.335 e. The summed E-state index contributed by atoms with van der Waals surface area (Å²) >= 11 is 1.79. The van der Waals surface area contributed by atoms with Crippen molar-refractivity contribution in [2.45, 2.75) is 0 Å². The van der Waals surface area contributed by atoms with Crippen molar-refractivity contribution < 1.29 is 24.3 Å². The molecule has 2 aromatic carbocycles. The number of thioether (sulfide) groups is 1. The van der Waals surface area contributed by atoms with E-state index in [1.54, 1.807) is 47.0 Å². The van der Waals surface area contributed by atoms with Gasteiger partial charge in [0.25, 0.3) is 0 Å². The molecule has 0 aliphatic carbocycles. The smallest absolute Gasteiger partial charge is 0.335 e. The number of carboxylic acid groups (broad SMARTS) is 1. The molecule has 0 atom stereocenters. The van der Waals surface area contributed by atoms with E-state index in [2.05, 4.69) is 10.6 Å². The summed E-state index contributed by atoms with van der Waals surface area (Å²) in [5.41, 5.74) is 0.880. The third kappa shape index (κ3) is 6.48. The fraction of sp³-hybridized carbons (Fsp3) is 0.273. The number of nitrogens with zero attached hydrogens (tertiary/aromatic N) is 2. The summed E-state index contributed by atoms with van der Waals surface area (Å²) < 4.78 is 0. The molecule has 0 saturated carbocycles. The second-order valence-corrected chi connectivity index (χ2v) is 8.23. The van der Waals surface area contributed by atoms with Crippen LogP contribution in [0.4, 0.5) is 16.2 Å². The lowest BCUT2D eigenvalue weighted by Crippen LogP contribution is -2.48. The monoisotopic (exact) mass is 456 g/mol. The number of aromatic carboxylic acids is 1. The predicted molar refractivity (Wildman–Crippen MR) is 123 cm³/mol. The van der Waals surface area contributed by atoms with Gasteiger partial charge in [0.05, 0.1) is 12.1 Å². The molecule has 2 aromatic rings. The van der Waals surface area contributed by atoms with Crippen LogP contribution in [-0.4, -0.2) is 71.5 Å². The lowest BCUT2D eigenvalue weighted by atomic mass is 10.2. The summed E-state index contributed by atoms with van der Waals surface area (Å²) in [6.45, 7) is 0.854. The number of anilines is 2. The summed E-state index contributed by atoms with van der Waals surface area (Å²) in [6.07, 6.45) is 0. The maximum atomic E-state index is 12.9. The number of nitrogens with one attached hydrogen (secondary N) is 2. The number of amides is 4. The molecule has 0 aromatic heterocycles. The molecule has 1 heterocycles. The molecular weight excluding hydrogens is 432 g/mol. The Morgan fingerprint density at radius 2 is 1.72 bits per heavy atom. The minimum atomic E-state index is -1.11. The Morgan fingerprint density at radius 3 is 2.41 bits per heavy atom. The first-order valence-electron chi connectivity index (χ1n) is 10.0. The lowest BCUT2D eigenvalue weighted by Gasteiger charge is -2.30. The minimum Gasteiger partial charge on any atom is -0.478 e. The van der Waals surface area contributed by atoms with Crippen LogP contribution in [0, 0.1) is 0 Å². The van der Waals surface area contributed by atoms with E-state index < -0.39 is 17.9 Å². The number of benzene rings is 2. The van der Waals surface area contributed by atoms with Gasteiger partial charge in [-0.3, -0.25) is 9.59 Å². The molecule has 1 fully saturated rings. The topological polar surface area (TPSA) is 119 Å². The first-order chi connectivity index (χ1) is 15.4. The molecule has 4 amide bonds. The Labute approximate surface area is 189 Å². The number of carbonyl (C=O) groups excluding carboxylic acids is 3. The number of hydrogen-bond donors (Lipinski definition) is 3. The van der Waals surface area contributed by atoms with Crippen LogP contribution in [0.25, 0.3) is 0 Å². The summed E-state index contributed by atoms with van der Waals surface area (Å²) in [4.78, 5) is 52.0. The quantitative estimate of drug-likeness (QED) is 0.587. The zero-order valence-electron chi connectivity index (χ0n) is 17.3. The largest absolute Gasteiger partial charge is 0.478 e. The standard InChI is InChI=1S/C22H24N4O5S/c27-19(14-23-22(31)24-17-6-4-5-16(13-17)21(29)30)26(18-7-2-1-3-8-18)15-20(28)25-9-11-32-12-10-25/h1-8,13H,9-12,14-15H2,(H,29,30)(H2,23,24,31). The third-order valence-electron chi connectivity index (χ3n) is 4.79. The van der Waals surface area contributed by atoms with Gasteiger partial charge in [-0.1, -0.05) is 24.3 Å². The van der Waals surface area contributed by atoms with E-state index in [1.807, 2.05) is 6.07 Å². The zero-order valence-corrected chi connectivity index (χ0v) is 18.1. The lowest BCUT2D eigenvalue weighted by molar-refractivity contribution is -0.131. The molecule has 0 radical (unpaired) electrons. The highest BCUT2D eigenvalue weighted by Crippen LogP contribution is 2.16. The highest BCUT2D eigenvalue weighted by molar-refractivity contribution is 7.99. The fourth-order valence-electron chi connectivity index (χ4n) is 3.14. The molecule has 9 nitrogen and oxygen atoms in total. The number of hydrogen-bond acceptors (Lipinski definition) is 5. The van der Waals surface area contributed by atoms with E-state index >= 15 is 0 Å². The molecule has 1 aliphatic rings. The number of carboxylic acids is 1. The van der Waals surface area contributed by atoms with Crippen LogP contribution in [0.5, 0.6) is 0 Å². The van der Waals surface area contributed by atoms with Crippen LogP contribution in [0.1, 0.15) is 10.4 Å². The third-order valence-corrected chi connectivity index (χ3v) is 5.74. The van der Waals surface area contributed by atoms with E-state index in [9.17, 15) is 19.2 Å². The molecule has 32 heavy (non-hydrogen) atoms. The van der Waals surface area contributed by atoms with Crippen LogP contribution in [-0.2, 0) is 9.59 Å². The fourth-order valence-corrected chi connectivity index (χ4v) is 4.04. The maximum absolute atomic E-state index is 12.9. The van der Waals surface area contributed by atoms with Gasteiger partial charge in [0.2, 0.25) is 11.8 Å².